The molecule has 100 valence electrons. The molecule has 1 heterocycles. The van der Waals surface area contributed by atoms with Gasteiger partial charge in [0, 0.05) is 17.8 Å². The number of nitrogens with one attached hydrogen (secondary N) is 1. The fraction of sp³-hybridized carbons (Fsp3) is 0.615. The minimum Gasteiger partial charge on any atom is -0.314 e. The van der Waals surface area contributed by atoms with Crippen molar-refractivity contribution >= 4 is 5.69 Å². The van der Waals surface area contributed by atoms with Crippen LogP contribution in [0.1, 0.15) is 32.8 Å². The standard InChI is InChI=1S/C13H21N3O2/c1-4-15-12(7-10(2)3)8-11-5-6-14-9-13(11)16(17)18/h5-6,9-10,12,15H,4,7-8H2,1-3H3. The van der Waals surface area contributed by atoms with Crippen molar-refractivity contribution in [3.05, 3.63) is 34.1 Å². The van der Waals surface area contributed by atoms with E-state index in [4.69, 9.17) is 0 Å². The minimum absolute atomic E-state index is 0.115. The number of nitrogens with zero attached hydrogens (tertiary/aromatic N) is 2. The summed E-state index contributed by atoms with van der Waals surface area (Å²) in [4.78, 5) is 14.4. The fourth-order valence-corrected chi connectivity index (χ4v) is 2.11. The highest BCUT2D eigenvalue weighted by molar-refractivity contribution is 5.37. The van der Waals surface area contributed by atoms with Gasteiger partial charge in [0.25, 0.3) is 5.69 Å². The molecule has 0 aliphatic heterocycles. The van der Waals surface area contributed by atoms with E-state index < -0.39 is 0 Å². The first kappa shape index (κ1) is 14.6. The molecule has 0 saturated heterocycles. The maximum Gasteiger partial charge on any atom is 0.290 e. The second-order valence-corrected chi connectivity index (χ2v) is 4.85. The first-order valence-corrected chi connectivity index (χ1v) is 6.35. The second-order valence-electron chi connectivity index (χ2n) is 4.85. The number of nitro groups is 1. The third kappa shape index (κ3) is 4.41. The Kier molecular flexibility index (Phi) is 5.71. The highest BCUT2D eigenvalue weighted by Crippen LogP contribution is 2.20. The molecule has 1 rings (SSSR count). The maximum absolute atomic E-state index is 10.9. The SMILES string of the molecule is CCNC(Cc1ccncc1[N+](=O)[O-])CC(C)C. The molecule has 1 aromatic heterocycles. The van der Waals surface area contributed by atoms with Crippen LogP contribution in [0, 0.1) is 16.0 Å². The molecule has 0 saturated carbocycles. The van der Waals surface area contributed by atoms with Crippen LogP contribution in [0.3, 0.4) is 0 Å². The topological polar surface area (TPSA) is 68.1 Å². The first-order valence-electron chi connectivity index (χ1n) is 6.35. The molecule has 5 heteroatoms. The van der Waals surface area contributed by atoms with E-state index in [-0.39, 0.29) is 16.7 Å². The summed E-state index contributed by atoms with van der Waals surface area (Å²) in [5.41, 5.74) is 0.866. The van der Waals surface area contributed by atoms with Crippen LogP contribution in [-0.4, -0.2) is 22.5 Å². The third-order valence-electron chi connectivity index (χ3n) is 2.80. The molecular formula is C13H21N3O2. The molecular weight excluding hydrogens is 230 g/mol. The molecule has 1 N–H and O–H groups in total. The lowest BCUT2D eigenvalue weighted by molar-refractivity contribution is -0.385. The predicted molar refractivity (Wildman–Crippen MR) is 71.5 cm³/mol. The van der Waals surface area contributed by atoms with Gasteiger partial charge in [0.1, 0.15) is 6.20 Å². The van der Waals surface area contributed by atoms with Crippen molar-refractivity contribution in [2.45, 2.75) is 39.7 Å². The van der Waals surface area contributed by atoms with E-state index in [1.165, 1.54) is 6.20 Å². The Labute approximate surface area is 108 Å². The summed E-state index contributed by atoms with van der Waals surface area (Å²) in [6.07, 6.45) is 4.62. The fourth-order valence-electron chi connectivity index (χ4n) is 2.11. The van der Waals surface area contributed by atoms with Crippen LogP contribution in [0.15, 0.2) is 18.5 Å². The number of aromatic nitrogens is 1. The van der Waals surface area contributed by atoms with E-state index in [0.717, 1.165) is 18.5 Å². The summed E-state index contributed by atoms with van der Waals surface area (Å²) in [6.45, 7) is 7.24. The zero-order valence-corrected chi connectivity index (χ0v) is 11.2. The lowest BCUT2D eigenvalue weighted by atomic mass is 9.97. The molecule has 1 aromatic rings. The molecule has 18 heavy (non-hydrogen) atoms. The van der Waals surface area contributed by atoms with E-state index in [1.54, 1.807) is 12.3 Å². The molecule has 0 aromatic carbocycles. The zero-order valence-electron chi connectivity index (χ0n) is 11.2. The Morgan fingerprint density at radius 2 is 2.22 bits per heavy atom. The second kappa shape index (κ2) is 7.06. The van der Waals surface area contributed by atoms with Crippen LogP contribution in [0.2, 0.25) is 0 Å². The molecule has 5 nitrogen and oxygen atoms in total. The molecule has 0 fully saturated rings. The van der Waals surface area contributed by atoms with Gasteiger partial charge < -0.3 is 5.32 Å². The van der Waals surface area contributed by atoms with Crippen molar-refractivity contribution in [2.24, 2.45) is 5.92 Å². The predicted octanol–water partition coefficient (Wildman–Crippen LogP) is 2.56. The smallest absolute Gasteiger partial charge is 0.290 e. The van der Waals surface area contributed by atoms with Crippen LogP contribution in [0.5, 0.6) is 0 Å². The monoisotopic (exact) mass is 251 g/mol. The number of likely N-dealkylation sites (N-methyl/N-ethyl adjacent to an activating group) is 1. The molecule has 1 unspecified atom stereocenters. The van der Waals surface area contributed by atoms with Crippen LogP contribution >= 0.6 is 0 Å². The lowest BCUT2D eigenvalue weighted by Gasteiger charge is -2.19. The van der Waals surface area contributed by atoms with Gasteiger partial charge in [-0.25, -0.2) is 0 Å². The zero-order chi connectivity index (χ0) is 13.5. The van der Waals surface area contributed by atoms with Gasteiger partial charge in [-0.3, -0.25) is 15.1 Å². The number of rotatable bonds is 7. The Balaban J connectivity index is 2.82. The number of pyridine rings is 1. The normalized spacial score (nSPS) is 12.7. The molecule has 0 spiro atoms. The van der Waals surface area contributed by atoms with Gasteiger partial charge in [0.15, 0.2) is 0 Å². The summed E-state index contributed by atoms with van der Waals surface area (Å²) >= 11 is 0. The van der Waals surface area contributed by atoms with E-state index in [2.05, 4.69) is 24.1 Å². The van der Waals surface area contributed by atoms with Gasteiger partial charge >= 0.3 is 0 Å². The van der Waals surface area contributed by atoms with Crippen molar-refractivity contribution in [3.8, 4) is 0 Å². The largest absolute Gasteiger partial charge is 0.314 e. The quantitative estimate of drug-likeness (QED) is 0.597. The Morgan fingerprint density at radius 1 is 1.50 bits per heavy atom. The van der Waals surface area contributed by atoms with Crippen molar-refractivity contribution in [2.75, 3.05) is 6.54 Å². The first-order chi connectivity index (χ1) is 8.54. The molecule has 0 radical (unpaired) electrons. The molecule has 1 atom stereocenters. The molecule has 0 aliphatic rings. The number of hydrogen-bond acceptors (Lipinski definition) is 4. The van der Waals surface area contributed by atoms with Crippen LogP contribution in [0.4, 0.5) is 5.69 Å². The van der Waals surface area contributed by atoms with Gasteiger partial charge in [0.2, 0.25) is 0 Å². The van der Waals surface area contributed by atoms with E-state index in [9.17, 15) is 10.1 Å². The van der Waals surface area contributed by atoms with E-state index >= 15 is 0 Å². The summed E-state index contributed by atoms with van der Waals surface area (Å²) < 4.78 is 0. The van der Waals surface area contributed by atoms with Crippen molar-refractivity contribution in [3.63, 3.8) is 0 Å². The van der Waals surface area contributed by atoms with Gasteiger partial charge in [-0.2, -0.15) is 0 Å². The summed E-state index contributed by atoms with van der Waals surface area (Å²) in [5, 5.41) is 14.3. The van der Waals surface area contributed by atoms with Crippen LogP contribution in [0.25, 0.3) is 0 Å². The molecule has 0 amide bonds. The average Bonchev–Trinajstić information content (AvgIpc) is 2.28. The third-order valence-corrected chi connectivity index (χ3v) is 2.80. The Bertz CT molecular complexity index is 394. The van der Waals surface area contributed by atoms with E-state index in [0.29, 0.717) is 12.3 Å². The molecule has 0 aliphatic carbocycles. The Hall–Kier alpha value is -1.49. The van der Waals surface area contributed by atoms with Crippen LogP contribution < -0.4 is 5.32 Å². The summed E-state index contributed by atoms with van der Waals surface area (Å²) in [7, 11) is 0. The highest BCUT2D eigenvalue weighted by atomic mass is 16.6. The van der Waals surface area contributed by atoms with Gasteiger partial charge in [-0.05, 0) is 31.4 Å². The maximum atomic E-state index is 10.9. The summed E-state index contributed by atoms with van der Waals surface area (Å²) in [5.74, 6) is 0.565. The van der Waals surface area contributed by atoms with Gasteiger partial charge in [-0.15, -0.1) is 0 Å². The van der Waals surface area contributed by atoms with Crippen molar-refractivity contribution in [1.29, 1.82) is 0 Å². The van der Waals surface area contributed by atoms with Crippen molar-refractivity contribution < 1.29 is 4.92 Å². The van der Waals surface area contributed by atoms with Gasteiger partial charge in [0.05, 0.1) is 4.92 Å². The Morgan fingerprint density at radius 3 is 2.78 bits per heavy atom. The highest BCUT2D eigenvalue weighted by Gasteiger charge is 2.18. The summed E-state index contributed by atoms with van der Waals surface area (Å²) in [6, 6.07) is 2.01. The number of hydrogen-bond donors (Lipinski definition) is 1. The average molecular weight is 251 g/mol. The molecule has 0 bridgehead atoms. The minimum atomic E-state index is -0.360. The van der Waals surface area contributed by atoms with Gasteiger partial charge in [-0.1, -0.05) is 20.8 Å². The van der Waals surface area contributed by atoms with Crippen LogP contribution in [-0.2, 0) is 6.42 Å². The van der Waals surface area contributed by atoms with Crippen molar-refractivity contribution in [1.82, 2.24) is 10.3 Å². The van der Waals surface area contributed by atoms with E-state index in [1.807, 2.05) is 6.92 Å². The lowest BCUT2D eigenvalue weighted by Crippen LogP contribution is -2.32.